The van der Waals surface area contributed by atoms with Gasteiger partial charge in [-0.3, -0.25) is 4.79 Å². The van der Waals surface area contributed by atoms with Gasteiger partial charge < -0.3 is 25.2 Å². The Morgan fingerprint density at radius 3 is 2.35 bits per heavy atom. The minimum Gasteiger partial charge on any atom is -0.507 e. The van der Waals surface area contributed by atoms with E-state index in [1.54, 1.807) is 0 Å². The van der Waals surface area contributed by atoms with Gasteiger partial charge >= 0.3 is 11.9 Å². The average molecular weight is 318 g/mol. The van der Waals surface area contributed by atoms with Crippen LogP contribution >= 0.6 is 0 Å². The smallest absolute Gasteiger partial charge is 0.339 e. The molecule has 0 saturated carbocycles. The van der Waals surface area contributed by atoms with Crippen LogP contribution in [0.2, 0.25) is 0 Å². The second-order valence-corrected chi connectivity index (χ2v) is 4.78. The van der Waals surface area contributed by atoms with Gasteiger partial charge in [-0.25, -0.2) is 4.79 Å². The number of hydrogen-bond donors (Lipinski definition) is 4. The van der Waals surface area contributed by atoms with Gasteiger partial charge in [0, 0.05) is 0 Å². The molecule has 0 aromatic heterocycles. The molecule has 0 radical (unpaired) electrons. The molecule has 0 aliphatic rings. The van der Waals surface area contributed by atoms with Crippen LogP contribution < -0.4 is 0 Å². The summed E-state index contributed by atoms with van der Waals surface area (Å²) in [4.78, 5) is 22.9. The van der Waals surface area contributed by atoms with Gasteiger partial charge in [-0.15, -0.1) is 0 Å². The normalized spacial score (nSPS) is 10.3. The Bertz CT molecular complexity index is 752. The molecule has 7 heteroatoms. The summed E-state index contributed by atoms with van der Waals surface area (Å²) < 4.78 is 5.00. The van der Waals surface area contributed by atoms with Crippen molar-refractivity contribution in [3.8, 4) is 17.2 Å². The molecule has 0 atom stereocenters. The number of rotatable bonds is 5. The van der Waals surface area contributed by atoms with Crippen LogP contribution in [0.1, 0.15) is 21.5 Å². The highest BCUT2D eigenvalue weighted by atomic mass is 16.5. The summed E-state index contributed by atoms with van der Waals surface area (Å²) in [6.45, 7) is -0.145. The maximum absolute atomic E-state index is 11.8. The molecule has 0 fully saturated rings. The number of carboxylic acid groups (broad SMARTS) is 1. The first-order valence-corrected chi connectivity index (χ1v) is 6.59. The zero-order valence-corrected chi connectivity index (χ0v) is 11.9. The minimum atomic E-state index is -1.34. The van der Waals surface area contributed by atoms with Crippen molar-refractivity contribution in [2.24, 2.45) is 0 Å². The molecule has 0 heterocycles. The van der Waals surface area contributed by atoms with Gasteiger partial charge in [0.2, 0.25) is 0 Å². The molecule has 2 aromatic carbocycles. The fourth-order valence-corrected chi connectivity index (χ4v) is 2.01. The summed E-state index contributed by atoms with van der Waals surface area (Å²) in [7, 11) is 0. The van der Waals surface area contributed by atoms with Crippen molar-refractivity contribution in [3.63, 3.8) is 0 Å². The van der Waals surface area contributed by atoms with Crippen molar-refractivity contribution in [2.75, 3.05) is 0 Å². The van der Waals surface area contributed by atoms with Gasteiger partial charge in [0.1, 0.15) is 17.9 Å². The van der Waals surface area contributed by atoms with Crippen molar-refractivity contribution >= 4 is 11.9 Å². The van der Waals surface area contributed by atoms with Crippen LogP contribution in [0.25, 0.3) is 0 Å². The molecule has 2 aromatic rings. The highest BCUT2D eigenvalue weighted by molar-refractivity contribution is 5.93. The summed E-state index contributed by atoms with van der Waals surface area (Å²) >= 11 is 0. The summed E-state index contributed by atoms with van der Waals surface area (Å²) in [5.41, 5.74) is 0.255. The van der Waals surface area contributed by atoms with E-state index in [0.29, 0.717) is 5.56 Å². The van der Waals surface area contributed by atoms with Crippen molar-refractivity contribution in [3.05, 3.63) is 53.1 Å². The number of benzene rings is 2. The third kappa shape index (κ3) is 3.91. The van der Waals surface area contributed by atoms with Crippen molar-refractivity contribution in [1.29, 1.82) is 0 Å². The zero-order valence-electron chi connectivity index (χ0n) is 11.9. The van der Waals surface area contributed by atoms with E-state index >= 15 is 0 Å². The number of esters is 1. The first-order chi connectivity index (χ1) is 10.9. The molecule has 0 spiro atoms. The van der Waals surface area contributed by atoms with Crippen LogP contribution in [0.3, 0.4) is 0 Å². The second-order valence-electron chi connectivity index (χ2n) is 4.78. The molecule has 0 aliphatic heterocycles. The Morgan fingerprint density at radius 1 is 0.957 bits per heavy atom. The quantitative estimate of drug-likeness (QED) is 0.489. The molecule has 0 amide bonds. The van der Waals surface area contributed by atoms with Crippen LogP contribution in [0, 0.1) is 0 Å². The first-order valence-electron chi connectivity index (χ1n) is 6.59. The van der Waals surface area contributed by atoms with Crippen molar-refractivity contribution in [2.45, 2.75) is 13.0 Å². The summed E-state index contributed by atoms with van der Waals surface area (Å²) in [5, 5.41) is 37.1. The zero-order chi connectivity index (χ0) is 17.0. The predicted molar refractivity (Wildman–Crippen MR) is 78.3 cm³/mol. The Kier molecular flexibility index (Phi) is 4.70. The van der Waals surface area contributed by atoms with Gasteiger partial charge in [-0.05, 0) is 29.3 Å². The number of phenols is 3. The molecule has 0 bridgehead atoms. The highest BCUT2D eigenvalue weighted by Gasteiger charge is 2.18. The standard InChI is InChI=1S/C16H14O7/c17-11-5-4-9(6-13(11)19)8-23-14(20)7-10-2-1-3-12(18)15(10)16(21)22/h1-6,17-19H,7-8H2,(H,21,22). The summed E-state index contributed by atoms with van der Waals surface area (Å²) in [6.07, 6.45) is -0.319. The number of carbonyl (C=O) groups is 2. The van der Waals surface area contributed by atoms with E-state index < -0.39 is 17.7 Å². The van der Waals surface area contributed by atoms with Gasteiger partial charge in [0.05, 0.1) is 6.42 Å². The van der Waals surface area contributed by atoms with Crippen LogP contribution in [0.5, 0.6) is 17.2 Å². The molecule has 4 N–H and O–H groups in total. The Morgan fingerprint density at radius 2 is 1.70 bits per heavy atom. The average Bonchev–Trinajstić information content (AvgIpc) is 2.48. The SMILES string of the molecule is O=C(Cc1cccc(O)c1C(=O)O)OCc1ccc(O)c(O)c1. The first kappa shape index (κ1) is 16.2. The van der Waals surface area contributed by atoms with E-state index in [2.05, 4.69) is 0 Å². The Labute approximate surface area is 131 Å². The predicted octanol–water partition coefficient (Wildman–Crippen LogP) is 1.79. The number of carboxylic acids is 1. The fraction of sp³-hybridized carbons (Fsp3) is 0.125. The lowest BCUT2D eigenvalue weighted by molar-refractivity contribution is -0.144. The maximum Gasteiger partial charge on any atom is 0.339 e. The molecule has 23 heavy (non-hydrogen) atoms. The molecular formula is C16H14O7. The molecule has 7 nitrogen and oxygen atoms in total. The highest BCUT2D eigenvalue weighted by Crippen LogP contribution is 2.25. The van der Waals surface area contributed by atoms with Crippen LogP contribution in [-0.4, -0.2) is 32.4 Å². The van der Waals surface area contributed by atoms with E-state index in [1.165, 1.54) is 36.4 Å². The molecule has 120 valence electrons. The maximum atomic E-state index is 11.8. The monoisotopic (exact) mass is 318 g/mol. The third-order valence-corrected chi connectivity index (χ3v) is 3.12. The lowest BCUT2D eigenvalue weighted by Gasteiger charge is -2.09. The number of phenolic OH excluding ortho intramolecular Hbond substituents is 2. The molecule has 0 saturated heterocycles. The fourth-order valence-electron chi connectivity index (χ4n) is 2.01. The molecule has 2 rings (SSSR count). The van der Waals surface area contributed by atoms with E-state index in [9.17, 15) is 24.9 Å². The lowest BCUT2D eigenvalue weighted by Crippen LogP contribution is -2.11. The van der Waals surface area contributed by atoms with E-state index in [0.717, 1.165) is 0 Å². The second kappa shape index (κ2) is 6.69. The van der Waals surface area contributed by atoms with E-state index in [-0.39, 0.29) is 35.7 Å². The number of ether oxygens (including phenoxy) is 1. The van der Waals surface area contributed by atoms with E-state index in [1.807, 2.05) is 0 Å². The van der Waals surface area contributed by atoms with Crippen LogP contribution in [0.4, 0.5) is 0 Å². The van der Waals surface area contributed by atoms with Gasteiger partial charge in [0.15, 0.2) is 11.5 Å². The number of aromatic carboxylic acids is 1. The van der Waals surface area contributed by atoms with Crippen LogP contribution in [0.15, 0.2) is 36.4 Å². The third-order valence-electron chi connectivity index (χ3n) is 3.12. The molecule has 0 aliphatic carbocycles. The summed E-state index contributed by atoms with van der Waals surface area (Å²) in [5.74, 6) is -3.07. The van der Waals surface area contributed by atoms with Crippen molar-refractivity contribution in [1.82, 2.24) is 0 Å². The Balaban J connectivity index is 2.04. The van der Waals surface area contributed by atoms with E-state index in [4.69, 9.17) is 9.84 Å². The number of hydrogen-bond acceptors (Lipinski definition) is 6. The largest absolute Gasteiger partial charge is 0.507 e. The number of carbonyl (C=O) groups excluding carboxylic acids is 1. The van der Waals surface area contributed by atoms with Gasteiger partial charge in [0.25, 0.3) is 0 Å². The lowest BCUT2D eigenvalue weighted by atomic mass is 10.0. The van der Waals surface area contributed by atoms with Crippen molar-refractivity contribution < 1.29 is 34.8 Å². The molecule has 0 unspecified atom stereocenters. The minimum absolute atomic E-state index is 0.135. The summed E-state index contributed by atoms with van der Waals surface area (Å²) in [6, 6.07) is 8.05. The van der Waals surface area contributed by atoms with Gasteiger partial charge in [-0.1, -0.05) is 18.2 Å². The van der Waals surface area contributed by atoms with Gasteiger partial charge in [-0.2, -0.15) is 0 Å². The molecular weight excluding hydrogens is 304 g/mol. The number of aromatic hydroxyl groups is 3. The topological polar surface area (TPSA) is 124 Å². The van der Waals surface area contributed by atoms with Crippen LogP contribution in [-0.2, 0) is 22.6 Å². The Hall–Kier alpha value is -3.22.